The number of ether oxygens (including phenoxy) is 1. The molecule has 0 aromatic heterocycles. The molecule has 22 heavy (non-hydrogen) atoms. The summed E-state index contributed by atoms with van der Waals surface area (Å²) in [5, 5.41) is 12.8. The Morgan fingerprint density at radius 3 is 2.73 bits per heavy atom. The smallest absolute Gasteiger partial charge is 0.223 e. The van der Waals surface area contributed by atoms with Gasteiger partial charge < -0.3 is 15.2 Å². The number of nitrogens with one attached hydrogen (secondary N) is 1. The Morgan fingerprint density at radius 1 is 1.27 bits per heavy atom. The van der Waals surface area contributed by atoms with E-state index in [1.807, 2.05) is 30.3 Å². The quantitative estimate of drug-likeness (QED) is 0.849. The highest BCUT2D eigenvalue weighted by Gasteiger charge is 2.44. The standard InChI is InChI=1S/C18H25NO3/c20-15-6-4-5-14(11-15)17(21)19-12-18(9-10-18)13-22-16-7-2-1-3-8-16/h1-3,7-8,14-15,20H,4-6,9-13H2,(H,19,21)/t14-,15+/m1/s1. The summed E-state index contributed by atoms with van der Waals surface area (Å²) >= 11 is 0. The minimum absolute atomic E-state index is 0.0189. The summed E-state index contributed by atoms with van der Waals surface area (Å²) < 4.78 is 5.84. The Labute approximate surface area is 131 Å². The Kier molecular flexibility index (Phi) is 4.67. The number of aliphatic hydroxyl groups excluding tert-OH is 1. The second kappa shape index (κ2) is 6.69. The number of rotatable bonds is 6. The second-order valence-corrected chi connectivity index (χ2v) is 6.84. The van der Waals surface area contributed by atoms with Crippen molar-refractivity contribution in [1.82, 2.24) is 5.32 Å². The fraction of sp³-hybridized carbons (Fsp3) is 0.611. The summed E-state index contributed by atoms with van der Waals surface area (Å²) in [5.74, 6) is 0.967. The zero-order valence-corrected chi connectivity index (χ0v) is 13.0. The average molecular weight is 303 g/mol. The van der Waals surface area contributed by atoms with Crippen LogP contribution in [-0.4, -0.2) is 30.3 Å². The lowest BCUT2D eigenvalue weighted by atomic mass is 9.86. The van der Waals surface area contributed by atoms with Crippen LogP contribution in [0.15, 0.2) is 30.3 Å². The average Bonchev–Trinajstić information content (AvgIpc) is 3.32. The molecule has 2 aliphatic carbocycles. The molecule has 0 saturated heterocycles. The van der Waals surface area contributed by atoms with Crippen molar-refractivity contribution < 1.29 is 14.6 Å². The number of carbonyl (C=O) groups excluding carboxylic acids is 1. The number of carbonyl (C=O) groups is 1. The van der Waals surface area contributed by atoms with Gasteiger partial charge in [0.25, 0.3) is 0 Å². The lowest BCUT2D eigenvalue weighted by Gasteiger charge is -2.26. The maximum Gasteiger partial charge on any atom is 0.223 e. The molecule has 0 unspecified atom stereocenters. The molecule has 1 aromatic rings. The first-order valence-electron chi connectivity index (χ1n) is 8.31. The Bertz CT molecular complexity index is 498. The van der Waals surface area contributed by atoms with Gasteiger partial charge in [-0.2, -0.15) is 0 Å². The van der Waals surface area contributed by atoms with Crippen LogP contribution in [0.2, 0.25) is 0 Å². The fourth-order valence-corrected chi connectivity index (χ4v) is 3.12. The third kappa shape index (κ3) is 4.01. The molecule has 120 valence electrons. The molecule has 2 fully saturated rings. The Morgan fingerprint density at radius 2 is 2.05 bits per heavy atom. The normalized spacial score (nSPS) is 26.2. The minimum Gasteiger partial charge on any atom is -0.493 e. The van der Waals surface area contributed by atoms with Crippen molar-refractivity contribution >= 4 is 5.91 Å². The van der Waals surface area contributed by atoms with Crippen molar-refractivity contribution in [2.24, 2.45) is 11.3 Å². The van der Waals surface area contributed by atoms with Crippen LogP contribution in [0.5, 0.6) is 5.75 Å². The first kappa shape index (κ1) is 15.3. The summed E-state index contributed by atoms with van der Waals surface area (Å²) in [4.78, 5) is 12.2. The highest BCUT2D eigenvalue weighted by molar-refractivity contribution is 5.78. The maximum atomic E-state index is 12.2. The molecular weight excluding hydrogens is 278 g/mol. The van der Waals surface area contributed by atoms with Gasteiger partial charge in [-0.15, -0.1) is 0 Å². The van der Waals surface area contributed by atoms with Crippen molar-refractivity contribution in [3.05, 3.63) is 30.3 Å². The molecule has 1 aromatic carbocycles. The van der Waals surface area contributed by atoms with Crippen LogP contribution in [0.1, 0.15) is 38.5 Å². The van der Waals surface area contributed by atoms with E-state index in [-0.39, 0.29) is 23.3 Å². The number of amides is 1. The lowest BCUT2D eigenvalue weighted by molar-refractivity contribution is -0.127. The predicted molar refractivity (Wildman–Crippen MR) is 84.6 cm³/mol. The Hall–Kier alpha value is -1.55. The van der Waals surface area contributed by atoms with E-state index in [1.165, 1.54) is 0 Å². The van der Waals surface area contributed by atoms with Gasteiger partial charge in [-0.1, -0.05) is 24.6 Å². The third-order valence-corrected chi connectivity index (χ3v) is 4.90. The van der Waals surface area contributed by atoms with E-state index in [0.717, 1.165) is 37.9 Å². The number of benzene rings is 1. The highest BCUT2D eigenvalue weighted by Crippen LogP contribution is 2.45. The van der Waals surface area contributed by atoms with Crippen LogP contribution in [0, 0.1) is 11.3 Å². The van der Waals surface area contributed by atoms with E-state index in [4.69, 9.17) is 4.74 Å². The topological polar surface area (TPSA) is 58.6 Å². The molecule has 4 nitrogen and oxygen atoms in total. The van der Waals surface area contributed by atoms with E-state index in [9.17, 15) is 9.90 Å². The summed E-state index contributed by atoms with van der Waals surface area (Å²) in [7, 11) is 0. The summed E-state index contributed by atoms with van der Waals surface area (Å²) in [6, 6.07) is 9.81. The van der Waals surface area contributed by atoms with Crippen LogP contribution in [0.25, 0.3) is 0 Å². The molecule has 0 radical (unpaired) electrons. The molecule has 0 heterocycles. The summed E-state index contributed by atoms with van der Waals surface area (Å²) in [6.45, 7) is 1.34. The number of hydrogen-bond donors (Lipinski definition) is 2. The largest absolute Gasteiger partial charge is 0.493 e. The van der Waals surface area contributed by atoms with E-state index in [1.54, 1.807) is 0 Å². The van der Waals surface area contributed by atoms with Crippen molar-refractivity contribution in [1.29, 1.82) is 0 Å². The molecule has 0 spiro atoms. The fourth-order valence-electron chi connectivity index (χ4n) is 3.12. The molecule has 3 rings (SSSR count). The SMILES string of the molecule is O=C(NCC1(COc2ccccc2)CC1)[C@@H]1CCC[C@H](O)C1. The number of hydrogen-bond acceptors (Lipinski definition) is 3. The van der Waals surface area contributed by atoms with Crippen molar-refractivity contribution in [3.63, 3.8) is 0 Å². The lowest BCUT2D eigenvalue weighted by Crippen LogP contribution is -2.39. The van der Waals surface area contributed by atoms with E-state index in [2.05, 4.69) is 5.32 Å². The third-order valence-electron chi connectivity index (χ3n) is 4.90. The van der Waals surface area contributed by atoms with E-state index >= 15 is 0 Å². The summed E-state index contributed by atoms with van der Waals surface area (Å²) in [5.41, 5.74) is 0.110. The highest BCUT2D eigenvalue weighted by atomic mass is 16.5. The molecule has 2 N–H and O–H groups in total. The molecule has 2 saturated carbocycles. The van der Waals surface area contributed by atoms with Gasteiger partial charge in [0, 0.05) is 17.9 Å². The van der Waals surface area contributed by atoms with Gasteiger partial charge in [0.2, 0.25) is 5.91 Å². The van der Waals surface area contributed by atoms with Gasteiger partial charge in [-0.25, -0.2) is 0 Å². The Balaban J connectivity index is 1.43. The van der Waals surface area contributed by atoms with Crippen molar-refractivity contribution in [3.8, 4) is 5.75 Å². The van der Waals surface area contributed by atoms with Gasteiger partial charge in [0.05, 0.1) is 12.7 Å². The zero-order valence-electron chi connectivity index (χ0n) is 13.0. The van der Waals surface area contributed by atoms with Gasteiger partial charge in [0.1, 0.15) is 5.75 Å². The number of para-hydroxylation sites is 1. The molecule has 0 bridgehead atoms. The molecule has 2 aliphatic rings. The first-order chi connectivity index (χ1) is 10.7. The molecular formula is C18H25NO3. The van der Waals surface area contributed by atoms with Gasteiger partial charge in [0.15, 0.2) is 0 Å². The minimum atomic E-state index is -0.305. The number of aliphatic hydroxyl groups is 1. The molecule has 4 heteroatoms. The van der Waals surface area contributed by atoms with Crippen LogP contribution in [0.4, 0.5) is 0 Å². The zero-order chi connectivity index (χ0) is 15.4. The van der Waals surface area contributed by atoms with Gasteiger partial charge >= 0.3 is 0 Å². The molecule has 0 aliphatic heterocycles. The van der Waals surface area contributed by atoms with E-state index < -0.39 is 0 Å². The van der Waals surface area contributed by atoms with Crippen LogP contribution in [0.3, 0.4) is 0 Å². The van der Waals surface area contributed by atoms with Crippen LogP contribution < -0.4 is 10.1 Å². The first-order valence-corrected chi connectivity index (χ1v) is 8.31. The molecule has 1 amide bonds. The molecule has 2 atom stereocenters. The van der Waals surface area contributed by atoms with Crippen molar-refractivity contribution in [2.45, 2.75) is 44.6 Å². The van der Waals surface area contributed by atoms with Crippen LogP contribution >= 0.6 is 0 Å². The van der Waals surface area contributed by atoms with Gasteiger partial charge in [-0.05, 0) is 44.2 Å². The van der Waals surface area contributed by atoms with Crippen LogP contribution in [-0.2, 0) is 4.79 Å². The maximum absolute atomic E-state index is 12.2. The monoisotopic (exact) mass is 303 g/mol. The van der Waals surface area contributed by atoms with Crippen molar-refractivity contribution in [2.75, 3.05) is 13.2 Å². The second-order valence-electron chi connectivity index (χ2n) is 6.84. The van der Waals surface area contributed by atoms with E-state index in [0.29, 0.717) is 19.6 Å². The van der Waals surface area contributed by atoms with Gasteiger partial charge in [-0.3, -0.25) is 4.79 Å². The summed E-state index contributed by atoms with van der Waals surface area (Å²) in [6.07, 6.45) is 5.19. The predicted octanol–water partition coefficient (Wildman–Crippen LogP) is 2.51.